The fourth-order valence-electron chi connectivity index (χ4n) is 2.82. The monoisotopic (exact) mass is 446 g/mol. The SMILES string of the molecule is CCOC(C(=O)NCc1ccc(C(=N)N)cc1O[C@H](C)C(N)=O)c1ccc(OC)cc1F. The molecular weight excluding hydrogens is 419 g/mol. The highest BCUT2D eigenvalue weighted by Crippen LogP contribution is 2.26. The summed E-state index contributed by atoms with van der Waals surface area (Å²) in [4.78, 5) is 24.2. The number of ether oxygens (including phenoxy) is 3. The van der Waals surface area contributed by atoms with E-state index in [0.717, 1.165) is 0 Å². The summed E-state index contributed by atoms with van der Waals surface area (Å²) in [5.74, 6) is -1.53. The van der Waals surface area contributed by atoms with Crippen LogP contribution in [0, 0.1) is 11.2 Å². The molecule has 172 valence electrons. The fourth-order valence-corrected chi connectivity index (χ4v) is 2.82. The van der Waals surface area contributed by atoms with Crippen molar-refractivity contribution >= 4 is 17.6 Å². The first-order chi connectivity index (χ1) is 15.2. The summed E-state index contributed by atoms with van der Waals surface area (Å²) in [6, 6.07) is 8.80. The zero-order valence-corrected chi connectivity index (χ0v) is 18.1. The lowest BCUT2D eigenvalue weighted by atomic mass is 10.1. The molecular formula is C22H27FN4O5. The average Bonchev–Trinajstić information content (AvgIpc) is 2.76. The maximum Gasteiger partial charge on any atom is 0.258 e. The Morgan fingerprint density at radius 1 is 1.19 bits per heavy atom. The van der Waals surface area contributed by atoms with Gasteiger partial charge in [0, 0.05) is 35.9 Å². The number of nitrogens with one attached hydrogen (secondary N) is 2. The molecule has 0 aromatic heterocycles. The van der Waals surface area contributed by atoms with Crippen LogP contribution in [-0.2, 0) is 20.9 Å². The van der Waals surface area contributed by atoms with Crippen LogP contribution < -0.4 is 26.3 Å². The molecule has 0 saturated carbocycles. The number of hydrogen-bond donors (Lipinski definition) is 4. The molecule has 0 aliphatic rings. The third-order valence-electron chi connectivity index (χ3n) is 4.60. The Kier molecular flexibility index (Phi) is 8.54. The van der Waals surface area contributed by atoms with E-state index in [1.807, 2.05) is 0 Å². The van der Waals surface area contributed by atoms with Crippen molar-refractivity contribution in [3.8, 4) is 11.5 Å². The van der Waals surface area contributed by atoms with Gasteiger partial charge in [0.2, 0.25) is 0 Å². The second-order valence-electron chi connectivity index (χ2n) is 6.84. The molecule has 6 N–H and O–H groups in total. The highest BCUT2D eigenvalue weighted by molar-refractivity contribution is 5.95. The minimum absolute atomic E-state index is 0.0147. The van der Waals surface area contributed by atoms with Crippen molar-refractivity contribution in [2.45, 2.75) is 32.6 Å². The van der Waals surface area contributed by atoms with Crippen LogP contribution in [0.2, 0.25) is 0 Å². The highest BCUT2D eigenvalue weighted by Gasteiger charge is 2.25. The molecule has 1 unspecified atom stereocenters. The molecule has 2 aromatic carbocycles. The van der Waals surface area contributed by atoms with Gasteiger partial charge in [0.05, 0.1) is 7.11 Å². The summed E-state index contributed by atoms with van der Waals surface area (Å²) in [5.41, 5.74) is 11.7. The third-order valence-corrected chi connectivity index (χ3v) is 4.60. The Hall–Kier alpha value is -3.66. The molecule has 0 aliphatic heterocycles. The van der Waals surface area contributed by atoms with Crippen LogP contribution >= 0.6 is 0 Å². The van der Waals surface area contributed by atoms with E-state index < -0.39 is 29.8 Å². The fraction of sp³-hybridized carbons (Fsp3) is 0.318. The van der Waals surface area contributed by atoms with Gasteiger partial charge in [0.15, 0.2) is 12.2 Å². The summed E-state index contributed by atoms with van der Waals surface area (Å²) in [6.45, 7) is 3.34. The number of halogens is 1. The van der Waals surface area contributed by atoms with Crippen LogP contribution in [0.1, 0.15) is 36.6 Å². The number of hydrogen-bond acceptors (Lipinski definition) is 6. The van der Waals surface area contributed by atoms with Gasteiger partial charge in [-0.25, -0.2) is 4.39 Å². The molecule has 2 atom stereocenters. The van der Waals surface area contributed by atoms with Crippen molar-refractivity contribution in [3.63, 3.8) is 0 Å². The van der Waals surface area contributed by atoms with Crippen molar-refractivity contribution in [2.24, 2.45) is 11.5 Å². The van der Waals surface area contributed by atoms with Crippen LogP contribution in [0.4, 0.5) is 4.39 Å². The van der Waals surface area contributed by atoms with Crippen LogP contribution in [0.15, 0.2) is 36.4 Å². The Morgan fingerprint density at radius 3 is 2.47 bits per heavy atom. The van der Waals surface area contributed by atoms with E-state index in [-0.39, 0.29) is 30.3 Å². The van der Waals surface area contributed by atoms with Crippen molar-refractivity contribution in [1.82, 2.24) is 5.32 Å². The Balaban J connectivity index is 2.25. The first-order valence-electron chi connectivity index (χ1n) is 9.83. The van der Waals surface area contributed by atoms with Crippen molar-refractivity contribution in [1.29, 1.82) is 5.41 Å². The van der Waals surface area contributed by atoms with E-state index in [1.54, 1.807) is 19.1 Å². The lowest BCUT2D eigenvalue weighted by Gasteiger charge is -2.20. The first kappa shape index (κ1) is 24.6. The molecule has 0 fully saturated rings. The molecule has 0 aliphatic carbocycles. The molecule has 10 heteroatoms. The average molecular weight is 446 g/mol. The van der Waals surface area contributed by atoms with E-state index in [4.69, 9.17) is 31.1 Å². The quantitative estimate of drug-likeness (QED) is 0.305. The molecule has 0 radical (unpaired) electrons. The smallest absolute Gasteiger partial charge is 0.258 e. The number of amides is 2. The van der Waals surface area contributed by atoms with E-state index in [1.165, 1.54) is 38.3 Å². The predicted octanol–water partition coefficient (Wildman–Crippen LogP) is 1.76. The van der Waals surface area contributed by atoms with Crippen molar-refractivity contribution in [2.75, 3.05) is 13.7 Å². The largest absolute Gasteiger partial charge is 0.497 e. The van der Waals surface area contributed by atoms with Gasteiger partial charge in [-0.05, 0) is 32.0 Å². The summed E-state index contributed by atoms with van der Waals surface area (Å²) in [5, 5.41) is 10.3. The van der Waals surface area contributed by atoms with Gasteiger partial charge in [-0.1, -0.05) is 12.1 Å². The summed E-state index contributed by atoms with van der Waals surface area (Å²) < 4.78 is 30.6. The number of nitrogen functional groups attached to an aromatic ring is 1. The van der Waals surface area contributed by atoms with Crippen LogP contribution in [0.3, 0.4) is 0 Å². The zero-order chi connectivity index (χ0) is 23.8. The molecule has 9 nitrogen and oxygen atoms in total. The second kappa shape index (κ2) is 11.1. The van der Waals surface area contributed by atoms with Gasteiger partial charge in [-0.3, -0.25) is 15.0 Å². The third kappa shape index (κ3) is 6.17. The Bertz CT molecular complexity index is 998. The molecule has 0 spiro atoms. The van der Waals surface area contributed by atoms with Gasteiger partial charge in [0.25, 0.3) is 11.8 Å². The van der Waals surface area contributed by atoms with Gasteiger partial charge in [-0.15, -0.1) is 0 Å². The lowest BCUT2D eigenvalue weighted by molar-refractivity contribution is -0.133. The minimum Gasteiger partial charge on any atom is -0.497 e. The van der Waals surface area contributed by atoms with Gasteiger partial charge < -0.3 is 31.0 Å². The molecule has 0 heterocycles. The lowest BCUT2D eigenvalue weighted by Crippen LogP contribution is -2.33. The van der Waals surface area contributed by atoms with Crippen LogP contribution in [-0.4, -0.2) is 37.5 Å². The molecule has 0 saturated heterocycles. The van der Waals surface area contributed by atoms with Gasteiger partial charge >= 0.3 is 0 Å². The van der Waals surface area contributed by atoms with Gasteiger partial charge in [0.1, 0.15) is 23.2 Å². The molecule has 2 rings (SSSR count). The normalized spacial score (nSPS) is 12.5. The molecule has 2 aromatic rings. The molecule has 0 bridgehead atoms. The summed E-state index contributed by atoms with van der Waals surface area (Å²) >= 11 is 0. The maximum atomic E-state index is 14.5. The molecule has 2 amide bonds. The van der Waals surface area contributed by atoms with E-state index >= 15 is 0 Å². The summed E-state index contributed by atoms with van der Waals surface area (Å²) in [7, 11) is 1.41. The predicted molar refractivity (Wildman–Crippen MR) is 116 cm³/mol. The van der Waals surface area contributed by atoms with E-state index in [2.05, 4.69) is 5.32 Å². The Labute approximate surface area is 185 Å². The Morgan fingerprint density at radius 2 is 1.91 bits per heavy atom. The minimum atomic E-state index is -1.18. The summed E-state index contributed by atoms with van der Waals surface area (Å²) in [6.07, 6.45) is -2.13. The zero-order valence-electron chi connectivity index (χ0n) is 18.1. The van der Waals surface area contributed by atoms with E-state index in [0.29, 0.717) is 16.9 Å². The number of carbonyl (C=O) groups is 2. The van der Waals surface area contributed by atoms with Gasteiger partial charge in [-0.2, -0.15) is 0 Å². The first-order valence-corrected chi connectivity index (χ1v) is 9.83. The van der Waals surface area contributed by atoms with Crippen molar-refractivity contribution in [3.05, 3.63) is 58.9 Å². The highest BCUT2D eigenvalue weighted by atomic mass is 19.1. The van der Waals surface area contributed by atoms with Crippen LogP contribution in [0.25, 0.3) is 0 Å². The standard InChI is InChI=1S/C22H27FN4O5/c1-4-31-19(16-8-7-15(30-3)10-17(16)23)22(29)27-11-14-6-5-13(20(24)25)9-18(14)32-12(2)21(26)28/h5-10,12,19H,4,11H2,1-3H3,(H3,24,25)(H2,26,28)(H,27,29)/t12-,19?/m1/s1. The number of carbonyl (C=O) groups excluding carboxylic acids is 2. The number of benzene rings is 2. The van der Waals surface area contributed by atoms with Crippen molar-refractivity contribution < 1.29 is 28.2 Å². The maximum absolute atomic E-state index is 14.5. The molecule has 32 heavy (non-hydrogen) atoms. The topological polar surface area (TPSA) is 150 Å². The number of primary amides is 1. The second-order valence-corrected chi connectivity index (χ2v) is 6.84. The number of amidine groups is 1. The number of rotatable bonds is 11. The van der Waals surface area contributed by atoms with E-state index in [9.17, 15) is 14.0 Å². The van der Waals surface area contributed by atoms with Crippen LogP contribution in [0.5, 0.6) is 11.5 Å². The number of methoxy groups -OCH3 is 1. The number of nitrogens with two attached hydrogens (primary N) is 2.